The molecule has 126 valence electrons. The number of nitrogens with two attached hydrogens (primary N) is 1. The van der Waals surface area contributed by atoms with Crippen LogP contribution in [0.1, 0.15) is 20.3 Å². The fraction of sp³-hybridized carbons (Fsp3) is 0.412. The Morgan fingerprint density at radius 2 is 1.87 bits per heavy atom. The molecule has 6 heteroatoms. The minimum absolute atomic E-state index is 0.0319. The summed E-state index contributed by atoms with van der Waals surface area (Å²) in [6.07, 6.45) is 0.394. The van der Waals surface area contributed by atoms with E-state index in [1.54, 1.807) is 13.0 Å². The molecule has 0 atom stereocenters. The summed E-state index contributed by atoms with van der Waals surface area (Å²) in [5.41, 5.74) is 6.46. The number of likely N-dealkylation sites (N-methyl/N-ethyl adjacent to an activating group) is 1. The van der Waals surface area contributed by atoms with Gasteiger partial charge in [-0.1, -0.05) is 13.0 Å². The number of benzene rings is 1. The molecular formula is C17H24FN3O2. The molecule has 2 N–H and O–H groups in total. The lowest BCUT2D eigenvalue weighted by atomic mass is 10.1. The Morgan fingerprint density at radius 1 is 1.22 bits per heavy atom. The number of ketones is 1. The predicted molar refractivity (Wildman–Crippen MR) is 89.5 cm³/mol. The van der Waals surface area contributed by atoms with E-state index in [1.807, 2.05) is 19.0 Å². The maximum Gasteiger partial charge on any atom is 0.263 e. The Kier molecular flexibility index (Phi) is 6.90. The average molecular weight is 321 g/mol. The smallest absolute Gasteiger partial charge is 0.263 e. The highest BCUT2D eigenvalue weighted by Gasteiger charge is 2.25. The van der Waals surface area contributed by atoms with Crippen LogP contribution in [0.25, 0.3) is 0 Å². The van der Waals surface area contributed by atoms with Crippen molar-refractivity contribution in [1.82, 2.24) is 4.90 Å². The quantitative estimate of drug-likeness (QED) is 0.473. The number of Topliss-reactive ketones (excluding diaryl/α,β-unsaturated/α-hetero) is 1. The topological polar surface area (TPSA) is 66.6 Å². The van der Waals surface area contributed by atoms with Crippen LogP contribution in [0.2, 0.25) is 0 Å². The normalized spacial score (nSPS) is 12.1. The van der Waals surface area contributed by atoms with Gasteiger partial charge in [-0.05, 0) is 45.6 Å². The highest BCUT2D eigenvalue weighted by Crippen LogP contribution is 2.19. The van der Waals surface area contributed by atoms with Crippen LogP contribution in [0.15, 0.2) is 35.5 Å². The van der Waals surface area contributed by atoms with Crippen molar-refractivity contribution in [3.63, 3.8) is 0 Å². The number of allylic oxidation sites excluding steroid dienone is 1. The summed E-state index contributed by atoms with van der Waals surface area (Å²) in [6, 6.07) is 5.74. The molecule has 0 saturated carbocycles. The highest BCUT2D eigenvalue weighted by molar-refractivity contribution is 6.24. The van der Waals surface area contributed by atoms with Gasteiger partial charge >= 0.3 is 0 Å². The molecule has 0 heterocycles. The Morgan fingerprint density at radius 3 is 2.35 bits per heavy atom. The van der Waals surface area contributed by atoms with Crippen molar-refractivity contribution in [1.29, 1.82) is 0 Å². The maximum atomic E-state index is 13.5. The van der Waals surface area contributed by atoms with Gasteiger partial charge in [0.25, 0.3) is 5.91 Å². The molecule has 5 nitrogen and oxygen atoms in total. The van der Waals surface area contributed by atoms with Gasteiger partial charge in [0.1, 0.15) is 11.4 Å². The Bertz CT molecular complexity index is 612. The van der Waals surface area contributed by atoms with Crippen molar-refractivity contribution in [3.05, 3.63) is 41.4 Å². The van der Waals surface area contributed by atoms with Crippen LogP contribution < -0.4 is 10.6 Å². The van der Waals surface area contributed by atoms with Gasteiger partial charge in [-0.2, -0.15) is 0 Å². The molecule has 23 heavy (non-hydrogen) atoms. The van der Waals surface area contributed by atoms with Gasteiger partial charge in [-0.25, -0.2) is 4.39 Å². The zero-order valence-electron chi connectivity index (χ0n) is 14.1. The van der Waals surface area contributed by atoms with Crippen LogP contribution in [0.5, 0.6) is 0 Å². The molecule has 0 aromatic heterocycles. The summed E-state index contributed by atoms with van der Waals surface area (Å²) in [5.74, 6) is -1.33. The lowest BCUT2D eigenvalue weighted by molar-refractivity contribution is -0.120. The van der Waals surface area contributed by atoms with Crippen molar-refractivity contribution in [3.8, 4) is 0 Å². The Labute approximate surface area is 136 Å². The summed E-state index contributed by atoms with van der Waals surface area (Å²) in [7, 11) is 3.74. The number of carbonyl (C=O) groups excluding carboxylic acids is 2. The molecule has 0 spiro atoms. The zero-order valence-corrected chi connectivity index (χ0v) is 14.1. The van der Waals surface area contributed by atoms with Gasteiger partial charge in [0.05, 0.1) is 0 Å². The van der Waals surface area contributed by atoms with E-state index < -0.39 is 11.7 Å². The summed E-state index contributed by atoms with van der Waals surface area (Å²) in [6.45, 7) is 3.98. The largest absolute Gasteiger partial charge is 0.401 e. The van der Waals surface area contributed by atoms with Crippen molar-refractivity contribution in [2.75, 3.05) is 32.1 Å². The number of anilines is 1. The third kappa shape index (κ3) is 5.17. The Hall–Kier alpha value is -2.21. The van der Waals surface area contributed by atoms with E-state index in [4.69, 9.17) is 5.73 Å². The van der Waals surface area contributed by atoms with Crippen LogP contribution in [0.4, 0.5) is 10.1 Å². The van der Waals surface area contributed by atoms with Crippen LogP contribution >= 0.6 is 0 Å². The van der Waals surface area contributed by atoms with Crippen molar-refractivity contribution in [2.24, 2.45) is 5.73 Å². The molecule has 0 fully saturated rings. The molecule has 0 unspecified atom stereocenters. The Balaban J connectivity index is 3.27. The zero-order chi connectivity index (χ0) is 17.6. The van der Waals surface area contributed by atoms with Crippen molar-refractivity contribution < 1.29 is 14.0 Å². The van der Waals surface area contributed by atoms with Crippen LogP contribution in [0.3, 0.4) is 0 Å². The van der Waals surface area contributed by atoms with E-state index in [9.17, 15) is 14.0 Å². The summed E-state index contributed by atoms with van der Waals surface area (Å²) >= 11 is 0. The minimum atomic E-state index is -0.496. The number of nitrogens with zero attached hydrogens (tertiary/aromatic N) is 2. The summed E-state index contributed by atoms with van der Waals surface area (Å²) in [5, 5.41) is 0. The molecule has 1 aromatic carbocycles. The first-order valence-corrected chi connectivity index (χ1v) is 7.49. The SMILES string of the molecule is CC/C(N)=C(\C(C)=O)C(=O)N(CCN(C)C)c1cccc(F)c1. The maximum absolute atomic E-state index is 13.5. The molecular weight excluding hydrogens is 297 g/mol. The van der Waals surface area contributed by atoms with Crippen molar-refractivity contribution in [2.45, 2.75) is 20.3 Å². The van der Waals surface area contributed by atoms with Gasteiger partial charge in [-0.15, -0.1) is 0 Å². The van der Waals surface area contributed by atoms with Gasteiger partial charge < -0.3 is 15.5 Å². The molecule has 0 radical (unpaired) electrons. The fourth-order valence-electron chi connectivity index (χ4n) is 2.12. The molecule has 1 amide bonds. The number of halogens is 1. The van der Waals surface area contributed by atoms with Crippen LogP contribution in [-0.2, 0) is 9.59 Å². The van der Waals surface area contributed by atoms with E-state index in [1.165, 1.54) is 30.0 Å². The van der Waals surface area contributed by atoms with E-state index in [0.717, 1.165) is 0 Å². The molecule has 1 rings (SSSR count). The first kappa shape index (κ1) is 18.8. The lowest BCUT2D eigenvalue weighted by Gasteiger charge is -2.25. The van der Waals surface area contributed by atoms with Gasteiger partial charge in [0.2, 0.25) is 0 Å². The van der Waals surface area contributed by atoms with E-state index >= 15 is 0 Å². The number of carbonyl (C=O) groups is 2. The highest BCUT2D eigenvalue weighted by atomic mass is 19.1. The molecule has 0 aliphatic carbocycles. The van der Waals surface area contributed by atoms with E-state index in [2.05, 4.69) is 0 Å². The third-order valence-corrected chi connectivity index (χ3v) is 3.40. The van der Waals surface area contributed by atoms with Crippen molar-refractivity contribution >= 4 is 17.4 Å². The van der Waals surface area contributed by atoms with E-state index in [0.29, 0.717) is 25.2 Å². The van der Waals surface area contributed by atoms with E-state index in [-0.39, 0.29) is 17.1 Å². The number of rotatable bonds is 7. The predicted octanol–water partition coefficient (Wildman–Crippen LogP) is 1.93. The second-order valence-electron chi connectivity index (χ2n) is 5.55. The summed E-state index contributed by atoms with van der Waals surface area (Å²) < 4.78 is 13.5. The standard InChI is InChI=1S/C17H24FN3O2/c1-5-15(19)16(12(2)22)17(23)21(10-9-20(3)4)14-8-6-7-13(18)11-14/h6-8,11H,5,9-10,19H2,1-4H3/b16-15-. The average Bonchev–Trinajstić information content (AvgIpc) is 2.46. The number of hydrogen-bond acceptors (Lipinski definition) is 4. The second-order valence-corrected chi connectivity index (χ2v) is 5.55. The minimum Gasteiger partial charge on any atom is -0.401 e. The fourth-order valence-corrected chi connectivity index (χ4v) is 2.12. The number of hydrogen-bond donors (Lipinski definition) is 1. The van der Waals surface area contributed by atoms with Gasteiger partial charge in [0.15, 0.2) is 5.78 Å². The molecule has 0 aliphatic rings. The molecule has 0 aliphatic heterocycles. The monoisotopic (exact) mass is 321 g/mol. The first-order chi connectivity index (χ1) is 10.8. The molecule has 0 bridgehead atoms. The summed E-state index contributed by atoms with van der Waals surface area (Å²) in [4.78, 5) is 28.0. The lowest BCUT2D eigenvalue weighted by Crippen LogP contribution is -2.39. The first-order valence-electron chi connectivity index (χ1n) is 7.49. The van der Waals surface area contributed by atoms with Gasteiger partial charge in [0, 0.05) is 24.5 Å². The molecule has 0 saturated heterocycles. The van der Waals surface area contributed by atoms with Gasteiger partial charge in [-0.3, -0.25) is 9.59 Å². The third-order valence-electron chi connectivity index (χ3n) is 3.40. The second kappa shape index (κ2) is 8.43. The number of amides is 1. The molecule has 1 aromatic rings. The van der Waals surface area contributed by atoms with Crippen LogP contribution in [-0.4, -0.2) is 43.8 Å². The van der Waals surface area contributed by atoms with Crippen LogP contribution in [0, 0.1) is 5.82 Å².